The molecule has 0 saturated heterocycles. The van der Waals surface area contributed by atoms with E-state index in [1.54, 1.807) is 4.31 Å². The fourth-order valence-electron chi connectivity index (χ4n) is 2.79. The molecule has 1 fully saturated rings. The molecule has 0 unspecified atom stereocenters. The van der Waals surface area contributed by atoms with Gasteiger partial charge in [-0.05, 0) is 50.4 Å². The van der Waals surface area contributed by atoms with Crippen LogP contribution >= 0.6 is 0 Å². The van der Waals surface area contributed by atoms with Crippen molar-refractivity contribution in [1.29, 1.82) is 0 Å². The number of aryl methyl sites for hydroxylation is 1. The van der Waals surface area contributed by atoms with E-state index in [9.17, 15) is 8.42 Å². The van der Waals surface area contributed by atoms with Crippen molar-refractivity contribution in [3.05, 3.63) is 29.8 Å². The van der Waals surface area contributed by atoms with Gasteiger partial charge in [0.15, 0.2) is 0 Å². The summed E-state index contributed by atoms with van der Waals surface area (Å²) >= 11 is 0. The average Bonchev–Trinajstić information content (AvgIpc) is 2.93. The standard InChI is InChI=1S/C15H24N2O2S/c1-13-6-4-7-14(12-13)17(11-5-10-16)20(18,19)15-8-2-3-9-15/h4,6-7,12,15H,2-3,5,8-11,16H2,1H3. The van der Waals surface area contributed by atoms with E-state index in [4.69, 9.17) is 5.73 Å². The van der Waals surface area contributed by atoms with Gasteiger partial charge in [-0.1, -0.05) is 25.0 Å². The molecule has 0 bridgehead atoms. The second-order valence-corrected chi connectivity index (χ2v) is 7.64. The number of rotatable bonds is 6. The number of hydrogen-bond donors (Lipinski definition) is 1. The van der Waals surface area contributed by atoms with Crippen molar-refractivity contribution in [2.24, 2.45) is 5.73 Å². The predicted molar refractivity (Wildman–Crippen MR) is 83.4 cm³/mol. The van der Waals surface area contributed by atoms with Crippen LogP contribution < -0.4 is 10.0 Å². The highest BCUT2D eigenvalue weighted by atomic mass is 32.2. The number of hydrogen-bond acceptors (Lipinski definition) is 3. The average molecular weight is 296 g/mol. The van der Waals surface area contributed by atoms with E-state index >= 15 is 0 Å². The lowest BCUT2D eigenvalue weighted by Crippen LogP contribution is -2.39. The molecule has 20 heavy (non-hydrogen) atoms. The quantitative estimate of drug-likeness (QED) is 0.877. The van der Waals surface area contributed by atoms with E-state index in [0.717, 1.165) is 36.9 Å². The molecule has 0 amide bonds. The minimum Gasteiger partial charge on any atom is -0.330 e. The number of nitrogens with two attached hydrogens (primary N) is 1. The maximum absolute atomic E-state index is 12.8. The topological polar surface area (TPSA) is 63.4 Å². The lowest BCUT2D eigenvalue weighted by molar-refractivity contribution is 0.573. The normalized spacial score (nSPS) is 16.5. The van der Waals surface area contributed by atoms with E-state index < -0.39 is 10.0 Å². The van der Waals surface area contributed by atoms with Crippen LogP contribution in [0.25, 0.3) is 0 Å². The Labute approximate surface area is 122 Å². The maximum atomic E-state index is 12.8. The molecule has 0 radical (unpaired) electrons. The number of anilines is 1. The second-order valence-electron chi connectivity index (χ2n) is 5.50. The summed E-state index contributed by atoms with van der Waals surface area (Å²) < 4.78 is 27.2. The largest absolute Gasteiger partial charge is 0.330 e. The van der Waals surface area contributed by atoms with Gasteiger partial charge < -0.3 is 5.73 Å². The Morgan fingerprint density at radius 1 is 1.30 bits per heavy atom. The van der Waals surface area contributed by atoms with Gasteiger partial charge in [0.25, 0.3) is 0 Å². The third-order valence-corrected chi connectivity index (χ3v) is 6.21. The minimum atomic E-state index is -3.27. The van der Waals surface area contributed by atoms with E-state index in [1.165, 1.54) is 0 Å². The first-order chi connectivity index (χ1) is 9.55. The Hall–Kier alpha value is -1.07. The van der Waals surface area contributed by atoms with Gasteiger partial charge in [-0.3, -0.25) is 4.31 Å². The van der Waals surface area contributed by atoms with E-state index in [1.807, 2.05) is 31.2 Å². The summed E-state index contributed by atoms with van der Waals surface area (Å²) in [7, 11) is -3.27. The third-order valence-electron chi connectivity index (χ3n) is 3.89. The van der Waals surface area contributed by atoms with Gasteiger partial charge in [0.05, 0.1) is 10.9 Å². The van der Waals surface area contributed by atoms with Crippen LogP contribution in [0.1, 0.15) is 37.7 Å². The van der Waals surface area contributed by atoms with Crippen LogP contribution in [0.5, 0.6) is 0 Å². The van der Waals surface area contributed by atoms with Gasteiger partial charge in [0.1, 0.15) is 0 Å². The molecule has 1 aliphatic rings. The van der Waals surface area contributed by atoms with E-state index in [0.29, 0.717) is 19.5 Å². The van der Waals surface area contributed by atoms with Gasteiger partial charge in [-0.2, -0.15) is 0 Å². The Morgan fingerprint density at radius 2 is 2.00 bits per heavy atom. The highest BCUT2D eigenvalue weighted by Gasteiger charge is 2.34. The molecule has 1 aliphatic carbocycles. The minimum absolute atomic E-state index is 0.221. The first kappa shape index (κ1) is 15.3. The molecule has 5 heteroatoms. The summed E-state index contributed by atoms with van der Waals surface area (Å²) in [4.78, 5) is 0. The van der Waals surface area contributed by atoms with E-state index in [2.05, 4.69) is 0 Å². The van der Waals surface area contributed by atoms with Crippen molar-refractivity contribution < 1.29 is 8.42 Å². The fourth-order valence-corrected chi connectivity index (χ4v) is 4.87. The molecule has 0 spiro atoms. The molecule has 112 valence electrons. The number of sulfonamides is 1. The molecule has 4 nitrogen and oxygen atoms in total. The highest BCUT2D eigenvalue weighted by Crippen LogP contribution is 2.30. The van der Waals surface area contributed by atoms with Crippen LogP contribution in [0.3, 0.4) is 0 Å². The predicted octanol–water partition coefficient (Wildman–Crippen LogP) is 2.42. The summed E-state index contributed by atoms with van der Waals surface area (Å²) in [5, 5.41) is -0.221. The monoisotopic (exact) mass is 296 g/mol. The molecule has 1 aromatic carbocycles. The Bertz CT molecular complexity index is 537. The van der Waals surface area contributed by atoms with Crippen molar-refractivity contribution in [3.8, 4) is 0 Å². The summed E-state index contributed by atoms with van der Waals surface area (Å²) in [6, 6.07) is 7.69. The smallest absolute Gasteiger partial charge is 0.238 e. The molecular weight excluding hydrogens is 272 g/mol. The van der Waals surface area contributed by atoms with Gasteiger partial charge in [-0.15, -0.1) is 0 Å². The maximum Gasteiger partial charge on any atom is 0.238 e. The Balaban J connectivity index is 2.31. The molecule has 0 heterocycles. The van der Waals surface area contributed by atoms with Crippen molar-refractivity contribution in [1.82, 2.24) is 0 Å². The summed E-state index contributed by atoms with van der Waals surface area (Å²) in [5.74, 6) is 0. The molecule has 0 aromatic heterocycles. The molecule has 0 aliphatic heterocycles. The number of benzene rings is 1. The first-order valence-electron chi connectivity index (χ1n) is 7.34. The third kappa shape index (κ3) is 3.33. The number of nitrogens with zero attached hydrogens (tertiary/aromatic N) is 1. The van der Waals surface area contributed by atoms with Crippen molar-refractivity contribution >= 4 is 15.7 Å². The molecular formula is C15H24N2O2S. The zero-order valence-corrected chi connectivity index (χ0v) is 12.9. The van der Waals surface area contributed by atoms with Crippen molar-refractivity contribution in [3.63, 3.8) is 0 Å². The van der Waals surface area contributed by atoms with Gasteiger partial charge in [-0.25, -0.2) is 8.42 Å². The van der Waals surface area contributed by atoms with E-state index in [-0.39, 0.29) is 5.25 Å². The zero-order valence-electron chi connectivity index (χ0n) is 12.1. The molecule has 1 aromatic rings. The van der Waals surface area contributed by atoms with Crippen LogP contribution in [-0.4, -0.2) is 26.8 Å². The van der Waals surface area contributed by atoms with Crippen LogP contribution in [0.2, 0.25) is 0 Å². The van der Waals surface area contributed by atoms with Gasteiger partial charge >= 0.3 is 0 Å². The second kappa shape index (κ2) is 6.59. The Kier molecular flexibility index (Phi) is 5.05. The molecule has 2 rings (SSSR count). The summed E-state index contributed by atoms with van der Waals surface area (Å²) in [5.41, 5.74) is 7.40. The zero-order chi connectivity index (χ0) is 14.6. The van der Waals surface area contributed by atoms with Crippen LogP contribution in [0.4, 0.5) is 5.69 Å². The lowest BCUT2D eigenvalue weighted by Gasteiger charge is -2.27. The first-order valence-corrected chi connectivity index (χ1v) is 8.84. The summed E-state index contributed by atoms with van der Waals surface area (Å²) in [6.45, 7) is 2.95. The molecule has 0 atom stereocenters. The summed E-state index contributed by atoms with van der Waals surface area (Å²) in [6.07, 6.45) is 4.28. The SMILES string of the molecule is Cc1cccc(N(CCCN)S(=O)(=O)C2CCCC2)c1. The fraction of sp³-hybridized carbons (Fsp3) is 0.600. The molecule has 2 N–H and O–H groups in total. The highest BCUT2D eigenvalue weighted by molar-refractivity contribution is 7.93. The Morgan fingerprint density at radius 3 is 2.60 bits per heavy atom. The van der Waals surface area contributed by atoms with Crippen LogP contribution in [-0.2, 0) is 10.0 Å². The van der Waals surface area contributed by atoms with Crippen LogP contribution in [0, 0.1) is 6.92 Å². The van der Waals surface area contributed by atoms with Gasteiger partial charge in [0, 0.05) is 6.54 Å². The van der Waals surface area contributed by atoms with Crippen LogP contribution in [0.15, 0.2) is 24.3 Å². The molecule has 1 saturated carbocycles. The van der Waals surface area contributed by atoms with Crippen molar-refractivity contribution in [2.45, 2.75) is 44.3 Å². The van der Waals surface area contributed by atoms with Gasteiger partial charge in [0.2, 0.25) is 10.0 Å². The van der Waals surface area contributed by atoms with Crippen molar-refractivity contribution in [2.75, 3.05) is 17.4 Å². The lowest BCUT2D eigenvalue weighted by atomic mass is 10.2.